The smallest absolute Gasteiger partial charge is 0.186 e. The Morgan fingerprint density at radius 3 is 2.68 bits per heavy atom. The highest BCUT2D eigenvalue weighted by Gasteiger charge is 2.20. The zero-order valence-electron chi connectivity index (χ0n) is 9.99. The van der Waals surface area contributed by atoms with Crippen molar-refractivity contribution in [3.63, 3.8) is 0 Å². The van der Waals surface area contributed by atoms with Crippen LogP contribution in [0, 0.1) is 0 Å². The number of hydrogen-bond donors (Lipinski definition) is 3. The van der Waals surface area contributed by atoms with E-state index in [0.717, 1.165) is 0 Å². The molecule has 0 amide bonds. The fraction of sp³-hybridized carbons (Fsp3) is 0.167. The molecule has 1 aromatic carbocycles. The molecule has 1 heterocycles. The van der Waals surface area contributed by atoms with Gasteiger partial charge in [0.25, 0.3) is 0 Å². The van der Waals surface area contributed by atoms with Gasteiger partial charge in [-0.25, -0.2) is 4.79 Å². The van der Waals surface area contributed by atoms with Crippen molar-refractivity contribution in [1.29, 1.82) is 0 Å². The molecule has 1 aromatic rings. The number of rotatable bonds is 3. The van der Waals surface area contributed by atoms with E-state index in [4.69, 9.17) is 0 Å². The number of benzene rings is 1. The first-order valence-corrected chi connectivity index (χ1v) is 6.24. The molecule has 0 fully saturated rings. The number of phenols is 2. The molecule has 0 bridgehead atoms. The summed E-state index contributed by atoms with van der Waals surface area (Å²) in [7, 11) is 0. The van der Waals surface area contributed by atoms with E-state index in [0.29, 0.717) is 16.2 Å². The molecule has 6 nitrogen and oxygen atoms in total. The number of nitrogens with one attached hydrogen (secondary N) is 1. The standard InChI is InChI=1S/C12H11N3O3S/c1-7-11(6-16)19-12(14-7)15-13-5-8-2-9(17)4-10(18)3-8/h2-5,12,15,17-18H,1H3. The van der Waals surface area contributed by atoms with Gasteiger partial charge in [-0.3, -0.25) is 10.4 Å². The highest BCUT2D eigenvalue weighted by atomic mass is 32.2. The van der Waals surface area contributed by atoms with E-state index in [1.54, 1.807) is 6.92 Å². The van der Waals surface area contributed by atoms with E-state index >= 15 is 0 Å². The molecular formula is C12H11N3O3S. The third-order valence-electron chi connectivity index (χ3n) is 2.29. The summed E-state index contributed by atoms with van der Waals surface area (Å²) >= 11 is 1.23. The van der Waals surface area contributed by atoms with E-state index in [1.807, 2.05) is 5.94 Å². The van der Waals surface area contributed by atoms with Gasteiger partial charge in [-0.05, 0) is 19.1 Å². The minimum absolute atomic E-state index is 0.0447. The second kappa shape index (κ2) is 5.60. The Hall–Kier alpha value is -2.24. The van der Waals surface area contributed by atoms with E-state index < -0.39 is 0 Å². The van der Waals surface area contributed by atoms with E-state index in [9.17, 15) is 15.0 Å². The first-order valence-electron chi connectivity index (χ1n) is 5.36. The molecular weight excluding hydrogens is 266 g/mol. The van der Waals surface area contributed by atoms with Crippen molar-refractivity contribution in [3.05, 3.63) is 28.7 Å². The van der Waals surface area contributed by atoms with Crippen molar-refractivity contribution in [3.8, 4) is 11.5 Å². The zero-order chi connectivity index (χ0) is 13.8. The second-order valence-electron chi connectivity index (χ2n) is 3.79. The number of thioether (sulfide) groups is 1. The van der Waals surface area contributed by atoms with Crippen molar-refractivity contribution in [2.24, 2.45) is 10.1 Å². The summed E-state index contributed by atoms with van der Waals surface area (Å²) in [6.07, 6.45) is 1.44. The Morgan fingerprint density at radius 1 is 1.42 bits per heavy atom. The summed E-state index contributed by atoms with van der Waals surface area (Å²) in [4.78, 5) is 15.2. The molecule has 1 unspecified atom stereocenters. The molecule has 0 aromatic heterocycles. The number of allylic oxidation sites excluding steroid dienone is 1. The number of nitrogens with zero attached hydrogens (tertiary/aromatic N) is 2. The maximum absolute atomic E-state index is 10.5. The van der Waals surface area contributed by atoms with Gasteiger partial charge in [-0.2, -0.15) is 5.10 Å². The second-order valence-corrected chi connectivity index (χ2v) is 4.88. The van der Waals surface area contributed by atoms with Crippen LogP contribution in [0.15, 0.2) is 33.2 Å². The summed E-state index contributed by atoms with van der Waals surface area (Å²) in [5.74, 6) is 1.72. The van der Waals surface area contributed by atoms with Gasteiger partial charge in [-0.1, -0.05) is 11.8 Å². The molecule has 1 atom stereocenters. The number of phenolic OH excluding ortho intramolecular Hbond substituents is 2. The molecule has 7 heteroatoms. The number of hydrogen-bond acceptors (Lipinski definition) is 7. The maximum Gasteiger partial charge on any atom is 0.186 e. The lowest BCUT2D eigenvalue weighted by Crippen LogP contribution is -2.15. The minimum atomic E-state index is -0.362. The lowest BCUT2D eigenvalue weighted by atomic mass is 10.2. The fourth-order valence-electron chi connectivity index (χ4n) is 1.48. The molecule has 0 aliphatic carbocycles. The summed E-state index contributed by atoms with van der Waals surface area (Å²) in [5, 5.41) is 22.5. The van der Waals surface area contributed by atoms with Gasteiger partial charge < -0.3 is 10.2 Å². The van der Waals surface area contributed by atoms with Crippen LogP contribution in [0.25, 0.3) is 0 Å². The normalized spacial score (nSPS) is 18.5. The van der Waals surface area contributed by atoms with Gasteiger partial charge in [-0.15, -0.1) is 0 Å². The average molecular weight is 277 g/mol. The molecule has 1 aliphatic rings. The summed E-state index contributed by atoms with van der Waals surface area (Å²) < 4.78 is 0. The largest absolute Gasteiger partial charge is 0.508 e. The van der Waals surface area contributed by atoms with Gasteiger partial charge in [0.1, 0.15) is 22.3 Å². The minimum Gasteiger partial charge on any atom is -0.508 e. The Labute approximate surface area is 113 Å². The van der Waals surface area contributed by atoms with Crippen molar-refractivity contribution in [1.82, 2.24) is 5.43 Å². The topological polar surface area (TPSA) is 94.3 Å². The molecule has 1 aliphatic heterocycles. The number of hydrazone groups is 1. The molecule has 0 saturated carbocycles. The Bertz CT molecular complexity index is 586. The fourth-order valence-corrected chi connectivity index (χ4v) is 2.30. The monoisotopic (exact) mass is 277 g/mol. The van der Waals surface area contributed by atoms with Gasteiger partial charge in [0.15, 0.2) is 5.50 Å². The van der Waals surface area contributed by atoms with Crippen LogP contribution in [-0.4, -0.2) is 33.6 Å². The summed E-state index contributed by atoms with van der Waals surface area (Å²) in [6, 6.07) is 4.14. The van der Waals surface area contributed by atoms with E-state index in [-0.39, 0.29) is 17.0 Å². The van der Waals surface area contributed by atoms with E-state index in [2.05, 4.69) is 15.5 Å². The highest BCUT2D eigenvalue weighted by Crippen LogP contribution is 2.27. The van der Waals surface area contributed by atoms with Crippen LogP contribution in [-0.2, 0) is 4.79 Å². The molecule has 0 saturated heterocycles. The van der Waals surface area contributed by atoms with Crippen molar-refractivity contribution in [2.45, 2.75) is 12.4 Å². The Morgan fingerprint density at radius 2 is 2.11 bits per heavy atom. The zero-order valence-corrected chi connectivity index (χ0v) is 10.8. The lowest BCUT2D eigenvalue weighted by molar-refractivity contribution is 0.450. The van der Waals surface area contributed by atoms with Crippen LogP contribution in [0.2, 0.25) is 0 Å². The predicted molar refractivity (Wildman–Crippen MR) is 74.2 cm³/mol. The molecule has 0 spiro atoms. The summed E-state index contributed by atoms with van der Waals surface area (Å²) in [5.41, 5.74) is 3.55. The van der Waals surface area contributed by atoms with Crippen LogP contribution in [0.3, 0.4) is 0 Å². The first-order chi connectivity index (χ1) is 9.08. The number of aromatic hydroxyl groups is 2. The van der Waals surface area contributed by atoms with Gasteiger partial charge in [0.2, 0.25) is 0 Å². The Balaban J connectivity index is 2.00. The molecule has 98 valence electrons. The highest BCUT2D eigenvalue weighted by molar-refractivity contribution is 8.05. The van der Waals surface area contributed by atoms with Crippen LogP contribution in [0.4, 0.5) is 0 Å². The SMILES string of the molecule is CC1=NC(NN=Cc2cc(O)cc(O)c2)SC1=C=O. The summed E-state index contributed by atoms with van der Waals surface area (Å²) in [6.45, 7) is 1.73. The lowest BCUT2D eigenvalue weighted by Gasteiger charge is -2.03. The maximum atomic E-state index is 10.5. The van der Waals surface area contributed by atoms with Crippen LogP contribution >= 0.6 is 11.8 Å². The van der Waals surface area contributed by atoms with Gasteiger partial charge in [0, 0.05) is 11.6 Å². The molecule has 2 rings (SSSR count). The first kappa shape index (κ1) is 13.2. The molecule has 0 radical (unpaired) electrons. The van der Waals surface area contributed by atoms with Crippen LogP contribution in [0.1, 0.15) is 12.5 Å². The molecule has 19 heavy (non-hydrogen) atoms. The van der Waals surface area contributed by atoms with Gasteiger partial charge >= 0.3 is 0 Å². The van der Waals surface area contributed by atoms with Crippen molar-refractivity contribution < 1.29 is 15.0 Å². The number of carbonyl (C=O) groups excluding carboxylic acids is 1. The predicted octanol–water partition coefficient (Wildman–Crippen LogP) is 1.23. The van der Waals surface area contributed by atoms with Gasteiger partial charge in [0.05, 0.1) is 11.9 Å². The third-order valence-corrected chi connectivity index (χ3v) is 3.33. The van der Waals surface area contributed by atoms with Crippen LogP contribution < -0.4 is 5.43 Å². The molecule has 3 N–H and O–H groups in total. The third kappa shape index (κ3) is 3.37. The van der Waals surface area contributed by atoms with Crippen molar-refractivity contribution in [2.75, 3.05) is 0 Å². The quantitative estimate of drug-likeness (QED) is 0.439. The van der Waals surface area contributed by atoms with Crippen molar-refractivity contribution >= 4 is 29.6 Å². The average Bonchev–Trinajstić information content (AvgIpc) is 2.68. The van der Waals surface area contributed by atoms with E-state index in [1.165, 1.54) is 36.2 Å². The van der Waals surface area contributed by atoms with Crippen LogP contribution in [0.5, 0.6) is 11.5 Å². The number of aliphatic imine (C=N–C) groups is 1. The Kier molecular flexibility index (Phi) is 3.89.